The van der Waals surface area contributed by atoms with Gasteiger partial charge in [-0.1, -0.05) is 18.2 Å². The minimum atomic E-state index is -0.707. The zero-order valence-electron chi connectivity index (χ0n) is 23.8. The van der Waals surface area contributed by atoms with Gasteiger partial charge in [0.2, 0.25) is 0 Å². The second kappa shape index (κ2) is 11.8. The molecule has 5 aromatic rings. The van der Waals surface area contributed by atoms with E-state index >= 15 is 4.39 Å². The number of carbonyl (C=O) groups excluding carboxylic acids is 1. The van der Waals surface area contributed by atoms with E-state index < -0.39 is 17.3 Å². The van der Waals surface area contributed by atoms with E-state index in [1.54, 1.807) is 48.3 Å². The average Bonchev–Trinajstić information content (AvgIpc) is 3.22. The number of fused-ring (bicyclic) bond motifs is 1. The van der Waals surface area contributed by atoms with E-state index in [4.69, 9.17) is 14.2 Å². The zero-order valence-corrected chi connectivity index (χ0v) is 23.8. The minimum Gasteiger partial charge on any atom is -0.493 e. The molecule has 0 aliphatic rings. The number of para-hydroxylation sites is 1. The van der Waals surface area contributed by atoms with Crippen LogP contribution in [0.3, 0.4) is 0 Å². The van der Waals surface area contributed by atoms with Gasteiger partial charge >= 0.3 is 0 Å². The molecule has 0 atom stereocenters. The van der Waals surface area contributed by atoms with Crippen molar-refractivity contribution in [3.05, 3.63) is 100 Å². The Hall–Kier alpha value is -5.16. The van der Waals surface area contributed by atoms with Crippen molar-refractivity contribution < 1.29 is 23.4 Å². The molecule has 0 unspecified atom stereocenters. The van der Waals surface area contributed by atoms with Crippen molar-refractivity contribution in [3.8, 4) is 28.7 Å². The second-order valence-corrected chi connectivity index (χ2v) is 9.77. The molecule has 3 aromatic carbocycles. The molecule has 0 fully saturated rings. The Labute approximate surface area is 241 Å². The van der Waals surface area contributed by atoms with Crippen LogP contribution in [0.5, 0.6) is 23.0 Å². The molecule has 1 N–H and O–H groups in total. The number of aromatic nitrogens is 3. The predicted molar refractivity (Wildman–Crippen MR) is 158 cm³/mol. The third-order valence-electron chi connectivity index (χ3n) is 6.70. The van der Waals surface area contributed by atoms with Crippen LogP contribution in [0.15, 0.2) is 77.7 Å². The first-order valence-corrected chi connectivity index (χ1v) is 13.0. The Bertz CT molecular complexity index is 1830. The fourth-order valence-electron chi connectivity index (χ4n) is 4.73. The van der Waals surface area contributed by atoms with Crippen molar-refractivity contribution in [1.29, 1.82) is 0 Å². The maximum atomic E-state index is 15.3. The fourth-order valence-corrected chi connectivity index (χ4v) is 4.73. The van der Waals surface area contributed by atoms with E-state index in [1.807, 2.05) is 37.2 Å². The smallest absolute Gasteiger partial charge is 0.284 e. The lowest BCUT2D eigenvalue weighted by Gasteiger charge is -2.14. The molecule has 216 valence electrons. The average molecular weight is 572 g/mol. The molecule has 0 aliphatic carbocycles. The summed E-state index contributed by atoms with van der Waals surface area (Å²) in [6, 6.07) is 18.1. The summed E-state index contributed by atoms with van der Waals surface area (Å²) in [7, 11) is 8.46. The number of hydrogen-bond acceptors (Lipinski definition) is 7. The van der Waals surface area contributed by atoms with Gasteiger partial charge in [0.25, 0.3) is 11.5 Å². The van der Waals surface area contributed by atoms with Gasteiger partial charge in [-0.2, -0.15) is 0 Å². The molecule has 11 heteroatoms. The Morgan fingerprint density at radius 1 is 0.952 bits per heavy atom. The van der Waals surface area contributed by atoms with Crippen molar-refractivity contribution in [2.24, 2.45) is 7.05 Å². The van der Waals surface area contributed by atoms with E-state index in [0.717, 1.165) is 6.07 Å². The summed E-state index contributed by atoms with van der Waals surface area (Å²) in [5.74, 6) is -0.0748. The number of anilines is 1. The molecule has 2 aromatic heterocycles. The number of hydrogen-bond donors (Lipinski definition) is 1. The number of carbonyl (C=O) groups is 1. The van der Waals surface area contributed by atoms with Gasteiger partial charge in [-0.3, -0.25) is 19.3 Å². The molecule has 0 radical (unpaired) electrons. The molecule has 0 saturated carbocycles. The van der Waals surface area contributed by atoms with E-state index in [9.17, 15) is 9.59 Å². The molecule has 0 aliphatic heterocycles. The number of amides is 1. The number of ether oxygens (including phenoxy) is 3. The fraction of sp³-hybridized carbons (Fsp3) is 0.194. The third kappa shape index (κ3) is 5.41. The lowest BCUT2D eigenvalue weighted by molar-refractivity contribution is 0.102. The normalized spacial score (nSPS) is 11.1. The molecule has 42 heavy (non-hydrogen) atoms. The van der Waals surface area contributed by atoms with Gasteiger partial charge in [-0.05, 0) is 50.5 Å². The minimum absolute atomic E-state index is 0.0246. The molecule has 5 rings (SSSR count). The summed E-state index contributed by atoms with van der Waals surface area (Å²) in [6.07, 6.45) is 1.55. The number of rotatable bonds is 9. The predicted octanol–water partition coefficient (Wildman–Crippen LogP) is 4.99. The topological polar surface area (TPSA) is 99.9 Å². The van der Waals surface area contributed by atoms with E-state index in [2.05, 4.69) is 10.3 Å². The highest BCUT2D eigenvalue weighted by Crippen LogP contribution is 2.37. The van der Waals surface area contributed by atoms with Crippen molar-refractivity contribution in [2.75, 3.05) is 33.6 Å². The molecular weight excluding hydrogens is 541 g/mol. The van der Waals surface area contributed by atoms with E-state index in [-0.39, 0.29) is 17.0 Å². The highest BCUT2D eigenvalue weighted by molar-refractivity contribution is 6.05. The molecule has 0 bridgehead atoms. The van der Waals surface area contributed by atoms with Crippen LogP contribution in [0.1, 0.15) is 16.1 Å². The van der Waals surface area contributed by atoms with Crippen LogP contribution in [0.4, 0.5) is 10.1 Å². The van der Waals surface area contributed by atoms with Crippen LogP contribution >= 0.6 is 0 Å². The number of halogens is 1. The summed E-state index contributed by atoms with van der Waals surface area (Å²) >= 11 is 0. The van der Waals surface area contributed by atoms with Crippen LogP contribution in [0, 0.1) is 5.82 Å². The monoisotopic (exact) mass is 571 g/mol. The van der Waals surface area contributed by atoms with Crippen LogP contribution in [-0.4, -0.2) is 53.5 Å². The molecule has 10 nitrogen and oxygen atoms in total. The van der Waals surface area contributed by atoms with Crippen LogP contribution < -0.4 is 25.1 Å². The lowest BCUT2D eigenvalue weighted by Crippen LogP contribution is -2.25. The Morgan fingerprint density at radius 3 is 2.33 bits per heavy atom. The molecule has 0 spiro atoms. The SMILES string of the molecule is COc1cc2nccc(Oc3ccc(NC(=O)c4c(CN(C)C)n(C)n(-c5ccccc5)c4=O)cc3F)c2cc1OC. The summed E-state index contributed by atoms with van der Waals surface area (Å²) in [6.45, 7) is 0.339. The number of nitrogens with zero attached hydrogens (tertiary/aromatic N) is 4. The molecule has 0 saturated heterocycles. The number of pyridine rings is 1. The van der Waals surface area contributed by atoms with Crippen molar-refractivity contribution in [3.63, 3.8) is 0 Å². The zero-order chi connectivity index (χ0) is 30.0. The van der Waals surface area contributed by atoms with Gasteiger partial charge < -0.3 is 24.4 Å². The highest BCUT2D eigenvalue weighted by Gasteiger charge is 2.25. The quantitative estimate of drug-likeness (QED) is 0.266. The van der Waals surface area contributed by atoms with E-state index in [1.165, 1.54) is 31.0 Å². The first-order chi connectivity index (χ1) is 20.2. The summed E-state index contributed by atoms with van der Waals surface area (Å²) in [5.41, 5.74) is 1.38. The summed E-state index contributed by atoms with van der Waals surface area (Å²) < 4.78 is 35.0. The van der Waals surface area contributed by atoms with Crippen molar-refractivity contribution in [1.82, 2.24) is 19.2 Å². The van der Waals surface area contributed by atoms with Crippen LogP contribution in [0.2, 0.25) is 0 Å². The number of benzene rings is 3. The van der Waals surface area contributed by atoms with Gasteiger partial charge in [-0.25, -0.2) is 9.07 Å². The van der Waals surface area contributed by atoms with Gasteiger partial charge in [0, 0.05) is 43.0 Å². The largest absolute Gasteiger partial charge is 0.493 e. The van der Waals surface area contributed by atoms with Crippen molar-refractivity contribution in [2.45, 2.75) is 6.54 Å². The van der Waals surface area contributed by atoms with Crippen molar-refractivity contribution >= 4 is 22.5 Å². The third-order valence-corrected chi connectivity index (χ3v) is 6.70. The van der Waals surface area contributed by atoms with Crippen LogP contribution in [-0.2, 0) is 13.6 Å². The number of nitrogens with one attached hydrogen (secondary N) is 1. The maximum Gasteiger partial charge on any atom is 0.284 e. The van der Waals surface area contributed by atoms with Gasteiger partial charge in [0.15, 0.2) is 23.1 Å². The summed E-state index contributed by atoms with van der Waals surface area (Å²) in [4.78, 5) is 33.1. The highest BCUT2D eigenvalue weighted by atomic mass is 19.1. The first-order valence-electron chi connectivity index (χ1n) is 13.0. The maximum absolute atomic E-state index is 15.3. The van der Waals surface area contributed by atoms with Gasteiger partial charge in [0.1, 0.15) is 11.3 Å². The van der Waals surface area contributed by atoms with Gasteiger partial charge in [-0.15, -0.1) is 0 Å². The second-order valence-electron chi connectivity index (χ2n) is 9.77. The van der Waals surface area contributed by atoms with E-state index in [0.29, 0.717) is 46.1 Å². The lowest BCUT2D eigenvalue weighted by atomic mass is 10.1. The molecule has 1 amide bonds. The summed E-state index contributed by atoms with van der Waals surface area (Å²) in [5, 5.41) is 3.27. The Balaban J connectivity index is 1.44. The Morgan fingerprint density at radius 2 is 1.67 bits per heavy atom. The number of methoxy groups -OCH3 is 2. The molecule has 2 heterocycles. The first kappa shape index (κ1) is 28.4. The Kier molecular flexibility index (Phi) is 7.94. The molecular formula is C31H30FN5O5. The van der Waals surface area contributed by atoms with Crippen LogP contribution in [0.25, 0.3) is 16.6 Å². The standard InChI is InChI=1S/C31H30FN5O5/c1-35(2)18-24-29(31(39)37(36(24)3)20-9-7-6-8-10-20)30(38)34-19-11-12-26(22(32)15-19)42-25-13-14-33-23-17-28(41-5)27(40-4)16-21(23)25/h6-17H,18H2,1-5H3,(H,34,38). The van der Waals surface area contributed by atoms with Gasteiger partial charge in [0.05, 0.1) is 31.1 Å².